The SMILES string of the molecule is CCc1ccc2oc(C(=O)Nc3ccc(C)cc3Br)c(C)c2c1. The maximum absolute atomic E-state index is 12.6. The van der Waals surface area contributed by atoms with Crippen molar-refractivity contribution >= 4 is 38.5 Å². The molecule has 23 heavy (non-hydrogen) atoms. The van der Waals surface area contributed by atoms with Crippen molar-refractivity contribution in [1.29, 1.82) is 0 Å². The highest BCUT2D eigenvalue weighted by Crippen LogP contribution is 2.29. The van der Waals surface area contributed by atoms with Crippen LogP contribution in [0.15, 0.2) is 45.3 Å². The van der Waals surface area contributed by atoms with Gasteiger partial charge >= 0.3 is 0 Å². The predicted octanol–water partition coefficient (Wildman–Crippen LogP) is 5.63. The summed E-state index contributed by atoms with van der Waals surface area (Å²) in [6, 6.07) is 11.9. The topological polar surface area (TPSA) is 42.2 Å². The van der Waals surface area contributed by atoms with E-state index in [1.54, 1.807) is 0 Å². The summed E-state index contributed by atoms with van der Waals surface area (Å²) < 4.78 is 6.62. The van der Waals surface area contributed by atoms with Crippen LogP contribution in [0.5, 0.6) is 0 Å². The summed E-state index contributed by atoms with van der Waals surface area (Å²) in [7, 11) is 0. The molecule has 1 N–H and O–H groups in total. The fraction of sp³-hybridized carbons (Fsp3) is 0.211. The number of rotatable bonds is 3. The van der Waals surface area contributed by atoms with Gasteiger partial charge in [0, 0.05) is 15.4 Å². The fourth-order valence-electron chi connectivity index (χ4n) is 2.61. The highest BCUT2D eigenvalue weighted by Gasteiger charge is 2.18. The Balaban J connectivity index is 1.96. The van der Waals surface area contributed by atoms with Crippen molar-refractivity contribution in [3.63, 3.8) is 0 Å². The second-order valence-electron chi connectivity index (χ2n) is 5.68. The van der Waals surface area contributed by atoms with E-state index in [-0.39, 0.29) is 5.91 Å². The van der Waals surface area contributed by atoms with Crippen LogP contribution in [-0.2, 0) is 6.42 Å². The van der Waals surface area contributed by atoms with E-state index in [4.69, 9.17) is 4.42 Å². The number of halogens is 1. The number of amides is 1. The number of aryl methyl sites for hydroxylation is 3. The first-order valence-corrected chi connectivity index (χ1v) is 8.38. The van der Waals surface area contributed by atoms with Gasteiger partial charge in [0.2, 0.25) is 0 Å². The summed E-state index contributed by atoms with van der Waals surface area (Å²) in [4.78, 5) is 12.6. The molecule has 3 nitrogen and oxygen atoms in total. The number of benzene rings is 2. The molecule has 1 heterocycles. The Hall–Kier alpha value is -2.07. The van der Waals surface area contributed by atoms with E-state index in [2.05, 4.69) is 34.2 Å². The molecule has 0 unspecified atom stereocenters. The third kappa shape index (κ3) is 3.04. The zero-order chi connectivity index (χ0) is 16.6. The van der Waals surface area contributed by atoms with Gasteiger partial charge in [-0.05, 0) is 71.6 Å². The molecule has 0 atom stereocenters. The highest BCUT2D eigenvalue weighted by molar-refractivity contribution is 9.10. The fourth-order valence-corrected chi connectivity index (χ4v) is 3.20. The minimum absolute atomic E-state index is 0.235. The highest BCUT2D eigenvalue weighted by atomic mass is 79.9. The van der Waals surface area contributed by atoms with Crippen LogP contribution in [0.2, 0.25) is 0 Å². The van der Waals surface area contributed by atoms with Crippen molar-refractivity contribution in [3.8, 4) is 0 Å². The third-order valence-corrected chi connectivity index (χ3v) is 4.64. The van der Waals surface area contributed by atoms with Crippen LogP contribution in [0, 0.1) is 13.8 Å². The molecule has 0 fully saturated rings. The van der Waals surface area contributed by atoms with Crippen LogP contribution >= 0.6 is 15.9 Å². The van der Waals surface area contributed by atoms with E-state index in [0.717, 1.165) is 38.7 Å². The first-order chi connectivity index (χ1) is 11.0. The van der Waals surface area contributed by atoms with Crippen molar-refractivity contribution in [2.24, 2.45) is 0 Å². The standard InChI is InChI=1S/C19H18BrNO2/c1-4-13-6-8-17-14(10-13)12(3)18(23-17)19(22)21-16-7-5-11(2)9-15(16)20/h5-10H,4H2,1-3H3,(H,21,22). The van der Waals surface area contributed by atoms with E-state index in [1.807, 2.05) is 44.2 Å². The quantitative estimate of drug-likeness (QED) is 0.648. The number of nitrogens with one attached hydrogen (secondary N) is 1. The van der Waals surface area contributed by atoms with E-state index >= 15 is 0 Å². The van der Waals surface area contributed by atoms with Gasteiger partial charge in [0.05, 0.1) is 5.69 Å². The van der Waals surface area contributed by atoms with E-state index < -0.39 is 0 Å². The molecule has 0 saturated carbocycles. The van der Waals surface area contributed by atoms with E-state index in [0.29, 0.717) is 5.76 Å². The normalized spacial score (nSPS) is 11.0. The lowest BCUT2D eigenvalue weighted by atomic mass is 10.1. The van der Waals surface area contributed by atoms with Crippen LogP contribution in [0.3, 0.4) is 0 Å². The Bertz CT molecular complexity index is 896. The summed E-state index contributed by atoms with van der Waals surface area (Å²) in [6.07, 6.45) is 0.957. The molecule has 3 aromatic rings. The number of furan rings is 1. The largest absolute Gasteiger partial charge is 0.451 e. The number of fused-ring (bicyclic) bond motifs is 1. The summed E-state index contributed by atoms with van der Waals surface area (Å²) >= 11 is 3.47. The predicted molar refractivity (Wildman–Crippen MR) is 97.2 cm³/mol. The van der Waals surface area contributed by atoms with Crippen LogP contribution < -0.4 is 5.32 Å². The monoisotopic (exact) mass is 371 g/mol. The van der Waals surface area contributed by atoms with Gasteiger partial charge in [0.15, 0.2) is 5.76 Å². The van der Waals surface area contributed by atoms with Crippen molar-refractivity contribution in [3.05, 3.63) is 63.3 Å². The van der Waals surface area contributed by atoms with Gasteiger partial charge in [-0.1, -0.05) is 19.1 Å². The Morgan fingerprint density at radius 3 is 2.65 bits per heavy atom. The molecule has 2 aromatic carbocycles. The zero-order valence-electron chi connectivity index (χ0n) is 13.4. The van der Waals surface area contributed by atoms with E-state index in [1.165, 1.54) is 5.56 Å². The molecular weight excluding hydrogens is 354 g/mol. The minimum Gasteiger partial charge on any atom is -0.451 e. The maximum Gasteiger partial charge on any atom is 0.291 e. The molecule has 1 aromatic heterocycles. The molecule has 118 valence electrons. The third-order valence-electron chi connectivity index (χ3n) is 3.99. The molecule has 0 saturated heterocycles. The van der Waals surface area contributed by atoms with Gasteiger partial charge in [-0.3, -0.25) is 4.79 Å². The molecule has 0 aliphatic rings. The molecule has 4 heteroatoms. The maximum atomic E-state index is 12.6. The average Bonchev–Trinajstić information content (AvgIpc) is 2.86. The van der Waals surface area contributed by atoms with Crippen molar-refractivity contribution in [1.82, 2.24) is 0 Å². The Kier molecular flexibility index (Phi) is 4.26. The summed E-state index contributed by atoms with van der Waals surface area (Å²) in [5.74, 6) is 0.127. The van der Waals surface area contributed by atoms with Crippen LogP contribution in [0.1, 0.15) is 34.2 Å². The lowest BCUT2D eigenvalue weighted by Gasteiger charge is -2.07. The molecular formula is C19H18BrNO2. The molecule has 0 aliphatic heterocycles. The Morgan fingerprint density at radius 2 is 1.96 bits per heavy atom. The smallest absolute Gasteiger partial charge is 0.291 e. The minimum atomic E-state index is -0.235. The lowest BCUT2D eigenvalue weighted by Crippen LogP contribution is -2.12. The number of hydrogen-bond acceptors (Lipinski definition) is 2. The zero-order valence-corrected chi connectivity index (χ0v) is 15.0. The van der Waals surface area contributed by atoms with Gasteiger partial charge in [-0.2, -0.15) is 0 Å². The van der Waals surface area contributed by atoms with Crippen LogP contribution in [-0.4, -0.2) is 5.91 Å². The lowest BCUT2D eigenvalue weighted by molar-refractivity contribution is 0.0998. The van der Waals surface area contributed by atoms with Gasteiger partial charge in [-0.15, -0.1) is 0 Å². The first-order valence-electron chi connectivity index (χ1n) is 7.59. The average molecular weight is 372 g/mol. The van der Waals surface area contributed by atoms with Gasteiger partial charge in [-0.25, -0.2) is 0 Å². The van der Waals surface area contributed by atoms with Gasteiger partial charge in [0.25, 0.3) is 5.91 Å². The Morgan fingerprint density at radius 1 is 1.17 bits per heavy atom. The molecule has 0 spiro atoms. The first kappa shape index (κ1) is 15.8. The number of anilines is 1. The summed E-state index contributed by atoms with van der Waals surface area (Å²) in [6.45, 7) is 6.04. The van der Waals surface area contributed by atoms with Gasteiger partial charge in [0.1, 0.15) is 5.58 Å². The van der Waals surface area contributed by atoms with Crippen LogP contribution in [0.4, 0.5) is 5.69 Å². The number of hydrogen-bond donors (Lipinski definition) is 1. The molecule has 0 bridgehead atoms. The second-order valence-corrected chi connectivity index (χ2v) is 6.53. The molecule has 1 amide bonds. The summed E-state index contributed by atoms with van der Waals surface area (Å²) in [5, 5.41) is 3.90. The van der Waals surface area contributed by atoms with Gasteiger partial charge < -0.3 is 9.73 Å². The van der Waals surface area contributed by atoms with Crippen LogP contribution in [0.25, 0.3) is 11.0 Å². The molecule has 3 rings (SSSR count). The molecule has 0 aliphatic carbocycles. The van der Waals surface area contributed by atoms with Crippen molar-refractivity contribution in [2.75, 3.05) is 5.32 Å². The van der Waals surface area contributed by atoms with Crippen molar-refractivity contribution < 1.29 is 9.21 Å². The summed E-state index contributed by atoms with van der Waals surface area (Å²) in [5.41, 5.74) is 4.70. The van der Waals surface area contributed by atoms with Crippen molar-refractivity contribution in [2.45, 2.75) is 27.2 Å². The number of carbonyl (C=O) groups is 1. The Labute approximate surface area is 143 Å². The van der Waals surface area contributed by atoms with E-state index in [9.17, 15) is 4.79 Å². The number of carbonyl (C=O) groups excluding carboxylic acids is 1. The molecule has 0 radical (unpaired) electrons. The second kappa shape index (κ2) is 6.20.